The molecule has 1 aromatic carbocycles. The van der Waals surface area contributed by atoms with Crippen molar-refractivity contribution in [3.8, 4) is 0 Å². The zero-order chi connectivity index (χ0) is 15.6. The van der Waals surface area contributed by atoms with Gasteiger partial charge in [-0.05, 0) is 18.9 Å². The van der Waals surface area contributed by atoms with E-state index in [-0.39, 0.29) is 22.3 Å². The van der Waals surface area contributed by atoms with Crippen LogP contribution in [0.1, 0.15) is 25.7 Å². The summed E-state index contributed by atoms with van der Waals surface area (Å²) in [5, 5.41) is 10.8. The number of benzene rings is 1. The number of nitro benzene ring substituents is 1. The molecule has 1 aromatic rings. The first-order valence-electron chi connectivity index (χ1n) is 6.61. The summed E-state index contributed by atoms with van der Waals surface area (Å²) in [6, 6.07) is 3.47. The van der Waals surface area contributed by atoms with E-state index in [1.165, 1.54) is 17.4 Å². The minimum atomic E-state index is -3.74. The first-order chi connectivity index (χ1) is 9.87. The van der Waals surface area contributed by atoms with Crippen LogP contribution in [-0.4, -0.2) is 30.7 Å². The molecular formula is C12H18N4O4S. The molecule has 0 aromatic heterocycles. The molecule has 1 fully saturated rings. The van der Waals surface area contributed by atoms with Crippen molar-refractivity contribution in [1.29, 1.82) is 0 Å². The number of hydrazine groups is 1. The summed E-state index contributed by atoms with van der Waals surface area (Å²) in [6.07, 6.45) is 3.67. The van der Waals surface area contributed by atoms with E-state index in [0.717, 1.165) is 37.8 Å². The highest BCUT2D eigenvalue weighted by Crippen LogP contribution is 2.31. The average molecular weight is 314 g/mol. The highest BCUT2D eigenvalue weighted by molar-refractivity contribution is 7.89. The summed E-state index contributed by atoms with van der Waals surface area (Å²) < 4.78 is 26.6. The lowest BCUT2D eigenvalue weighted by atomic mass is 10.3. The molecule has 0 heterocycles. The van der Waals surface area contributed by atoms with Gasteiger partial charge in [0.05, 0.1) is 10.6 Å². The number of nitro groups is 1. The zero-order valence-corrected chi connectivity index (χ0v) is 12.5. The smallest absolute Gasteiger partial charge is 0.271 e. The third-order valence-electron chi connectivity index (χ3n) is 3.83. The van der Waals surface area contributed by atoms with Gasteiger partial charge in [0.25, 0.3) is 5.69 Å². The molecule has 9 heteroatoms. The van der Waals surface area contributed by atoms with Crippen LogP contribution in [0.3, 0.4) is 0 Å². The van der Waals surface area contributed by atoms with Gasteiger partial charge in [0.2, 0.25) is 10.0 Å². The summed E-state index contributed by atoms with van der Waals surface area (Å²) in [5.74, 6) is 5.31. The molecule has 0 bridgehead atoms. The van der Waals surface area contributed by atoms with Crippen molar-refractivity contribution in [2.45, 2.75) is 36.6 Å². The zero-order valence-electron chi connectivity index (χ0n) is 11.7. The molecule has 1 aliphatic rings. The van der Waals surface area contributed by atoms with Crippen molar-refractivity contribution in [2.75, 3.05) is 12.5 Å². The monoisotopic (exact) mass is 314 g/mol. The Morgan fingerprint density at radius 3 is 2.52 bits per heavy atom. The molecule has 0 radical (unpaired) electrons. The summed E-state index contributed by atoms with van der Waals surface area (Å²) in [5.41, 5.74) is 2.04. The number of non-ortho nitro benzene ring substituents is 1. The van der Waals surface area contributed by atoms with Crippen LogP contribution in [-0.2, 0) is 10.0 Å². The SMILES string of the molecule is CN(C1CCCC1)S(=O)(=O)c1ccc([N+](=O)[O-])cc1NN. The van der Waals surface area contributed by atoms with Crippen LogP contribution in [0.5, 0.6) is 0 Å². The van der Waals surface area contributed by atoms with Crippen LogP contribution in [0.2, 0.25) is 0 Å². The molecule has 0 amide bonds. The predicted molar refractivity (Wildman–Crippen MR) is 78.1 cm³/mol. The molecular weight excluding hydrogens is 296 g/mol. The minimum absolute atomic E-state index is 0.0223. The van der Waals surface area contributed by atoms with Crippen LogP contribution in [0.4, 0.5) is 11.4 Å². The fourth-order valence-corrected chi connectivity index (χ4v) is 4.14. The third-order valence-corrected chi connectivity index (χ3v) is 5.79. The fourth-order valence-electron chi connectivity index (χ4n) is 2.59. The van der Waals surface area contributed by atoms with E-state index >= 15 is 0 Å². The first-order valence-corrected chi connectivity index (χ1v) is 8.05. The maximum Gasteiger partial charge on any atom is 0.271 e. The van der Waals surface area contributed by atoms with Gasteiger partial charge in [-0.2, -0.15) is 4.31 Å². The van der Waals surface area contributed by atoms with Crippen LogP contribution in [0, 0.1) is 10.1 Å². The van der Waals surface area contributed by atoms with E-state index in [1.54, 1.807) is 0 Å². The third kappa shape index (κ3) is 2.99. The van der Waals surface area contributed by atoms with Gasteiger partial charge in [-0.1, -0.05) is 12.8 Å². The second-order valence-electron chi connectivity index (χ2n) is 5.04. The van der Waals surface area contributed by atoms with E-state index in [9.17, 15) is 18.5 Å². The predicted octanol–water partition coefficient (Wildman–Crippen LogP) is 1.44. The number of hydrogen-bond acceptors (Lipinski definition) is 6. The van der Waals surface area contributed by atoms with Crippen molar-refractivity contribution < 1.29 is 13.3 Å². The largest absolute Gasteiger partial charge is 0.323 e. The molecule has 116 valence electrons. The number of sulfonamides is 1. The number of hydrogen-bond donors (Lipinski definition) is 2. The number of rotatable bonds is 5. The van der Waals surface area contributed by atoms with Crippen molar-refractivity contribution in [1.82, 2.24) is 4.31 Å². The van der Waals surface area contributed by atoms with Gasteiger partial charge in [0.15, 0.2) is 0 Å². The molecule has 8 nitrogen and oxygen atoms in total. The normalized spacial score (nSPS) is 16.3. The van der Waals surface area contributed by atoms with Gasteiger partial charge in [-0.25, -0.2) is 8.42 Å². The Morgan fingerprint density at radius 1 is 1.38 bits per heavy atom. The first kappa shape index (κ1) is 15.7. The highest BCUT2D eigenvalue weighted by Gasteiger charge is 2.32. The van der Waals surface area contributed by atoms with Crippen molar-refractivity contribution in [3.63, 3.8) is 0 Å². The Bertz CT molecular complexity index is 641. The fraction of sp³-hybridized carbons (Fsp3) is 0.500. The number of nitrogen functional groups attached to an aromatic ring is 1. The van der Waals surface area contributed by atoms with E-state index < -0.39 is 14.9 Å². The van der Waals surface area contributed by atoms with Crippen molar-refractivity contribution >= 4 is 21.4 Å². The highest BCUT2D eigenvalue weighted by atomic mass is 32.2. The lowest BCUT2D eigenvalue weighted by molar-refractivity contribution is -0.384. The molecule has 0 atom stereocenters. The summed E-state index contributed by atoms with van der Waals surface area (Å²) in [4.78, 5) is 10.1. The second-order valence-corrected chi connectivity index (χ2v) is 7.01. The van der Waals surface area contributed by atoms with Gasteiger partial charge in [0.1, 0.15) is 4.90 Å². The average Bonchev–Trinajstić information content (AvgIpc) is 2.99. The molecule has 0 saturated heterocycles. The molecule has 0 spiro atoms. The van der Waals surface area contributed by atoms with E-state index in [2.05, 4.69) is 5.43 Å². The second kappa shape index (κ2) is 5.96. The van der Waals surface area contributed by atoms with Gasteiger partial charge < -0.3 is 5.43 Å². The summed E-state index contributed by atoms with van der Waals surface area (Å²) >= 11 is 0. The number of anilines is 1. The maximum absolute atomic E-state index is 12.6. The molecule has 1 saturated carbocycles. The van der Waals surface area contributed by atoms with Crippen molar-refractivity contribution in [3.05, 3.63) is 28.3 Å². The van der Waals surface area contributed by atoms with E-state index in [4.69, 9.17) is 5.84 Å². The molecule has 3 N–H and O–H groups in total. The molecule has 1 aliphatic carbocycles. The Labute approximate surface area is 123 Å². The quantitative estimate of drug-likeness (QED) is 0.482. The van der Waals surface area contributed by atoms with Crippen molar-refractivity contribution in [2.24, 2.45) is 5.84 Å². The van der Waals surface area contributed by atoms with Gasteiger partial charge in [-0.15, -0.1) is 0 Å². The summed E-state index contributed by atoms with van der Waals surface area (Å²) in [7, 11) is -2.20. The lowest BCUT2D eigenvalue weighted by Crippen LogP contribution is -2.35. The number of nitrogens with zero attached hydrogens (tertiary/aromatic N) is 2. The van der Waals surface area contributed by atoms with Crippen LogP contribution in [0.25, 0.3) is 0 Å². The molecule has 2 rings (SSSR count). The minimum Gasteiger partial charge on any atom is -0.323 e. The number of nitrogens with one attached hydrogen (secondary N) is 1. The molecule has 0 unspecified atom stereocenters. The summed E-state index contributed by atoms with van der Waals surface area (Å²) in [6.45, 7) is 0. The molecule has 0 aliphatic heterocycles. The van der Waals surface area contributed by atoms with Crippen LogP contribution >= 0.6 is 0 Å². The van der Waals surface area contributed by atoms with Gasteiger partial charge in [-0.3, -0.25) is 16.0 Å². The number of nitrogens with two attached hydrogens (primary N) is 1. The Hall–Kier alpha value is -1.71. The Balaban J connectivity index is 2.41. The standard InChI is InChI=1S/C12H18N4O4S/c1-15(9-4-2-3-5-9)21(19,20)12-7-6-10(16(17)18)8-11(12)14-13/h6-9,14H,2-5,13H2,1H3. The van der Waals surface area contributed by atoms with Crippen LogP contribution in [0.15, 0.2) is 23.1 Å². The van der Waals surface area contributed by atoms with Crippen LogP contribution < -0.4 is 11.3 Å². The van der Waals surface area contributed by atoms with E-state index in [0.29, 0.717) is 0 Å². The van der Waals surface area contributed by atoms with E-state index in [1.807, 2.05) is 0 Å². The Kier molecular flexibility index (Phi) is 4.45. The maximum atomic E-state index is 12.6. The topological polar surface area (TPSA) is 119 Å². The molecule has 21 heavy (non-hydrogen) atoms. The van der Waals surface area contributed by atoms with Gasteiger partial charge >= 0.3 is 0 Å². The van der Waals surface area contributed by atoms with Gasteiger partial charge in [0, 0.05) is 25.2 Å². The lowest BCUT2D eigenvalue weighted by Gasteiger charge is -2.24. The Morgan fingerprint density at radius 2 is 2.00 bits per heavy atom.